The molecule has 1 atom stereocenters. The van der Waals surface area contributed by atoms with Gasteiger partial charge in [-0.2, -0.15) is 0 Å². The van der Waals surface area contributed by atoms with Gasteiger partial charge < -0.3 is 20.0 Å². The highest BCUT2D eigenvalue weighted by atomic mass is 16.6. The lowest BCUT2D eigenvalue weighted by atomic mass is 10.2. The number of carbonyl (C=O) groups is 1. The number of hydrogen-bond acceptors (Lipinski definition) is 6. The number of nitrogens with zero attached hydrogens (tertiary/aromatic N) is 4. The number of aromatic nitrogens is 2. The Balaban J connectivity index is 1.97. The first kappa shape index (κ1) is 14.4. The number of hydrogen-bond donors (Lipinski definition) is 1. The molecule has 1 fully saturated rings. The Morgan fingerprint density at radius 3 is 3.05 bits per heavy atom. The van der Waals surface area contributed by atoms with Crippen molar-refractivity contribution in [2.75, 3.05) is 26.2 Å². The Morgan fingerprint density at radius 2 is 2.40 bits per heavy atom. The van der Waals surface area contributed by atoms with Crippen molar-refractivity contribution in [3.05, 3.63) is 22.1 Å². The van der Waals surface area contributed by atoms with Gasteiger partial charge in [0, 0.05) is 26.6 Å². The summed E-state index contributed by atoms with van der Waals surface area (Å²) in [5, 5.41) is 19.8. The third-order valence-electron chi connectivity index (χ3n) is 3.29. The van der Waals surface area contributed by atoms with Crippen molar-refractivity contribution < 1.29 is 19.6 Å². The first-order valence-corrected chi connectivity index (χ1v) is 6.22. The number of aliphatic carboxylic acids is 1. The van der Waals surface area contributed by atoms with Crippen molar-refractivity contribution in [2.45, 2.75) is 19.6 Å². The zero-order chi connectivity index (χ0) is 14.7. The molecule has 0 bridgehead atoms. The highest BCUT2D eigenvalue weighted by Gasteiger charge is 2.27. The molecule has 2 rings (SSSR count). The molecule has 1 saturated heterocycles. The van der Waals surface area contributed by atoms with Gasteiger partial charge in [0.25, 0.3) is 0 Å². The molecule has 110 valence electrons. The molecule has 1 N–H and O–H groups in total. The fourth-order valence-electron chi connectivity index (χ4n) is 2.17. The quantitative estimate of drug-likeness (QED) is 0.593. The van der Waals surface area contributed by atoms with Crippen LogP contribution in [-0.4, -0.2) is 62.8 Å². The number of carboxylic acids is 1. The summed E-state index contributed by atoms with van der Waals surface area (Å²) in [7, 11) is 0. The van der Waals surface area contributed by atoms with Crippen LogP contribution >= 0.6 is 0 Å². The van der Waals surface area contributed by atoms with Crippen LogP contribution in [0.4, 0.5) is 5.82 Å². The van der Waals surface area contributed by atoms with Crippen LogP contribution < -0.4 is 0 Å². The van der Waals surface area contributed by atoms with Gasteiger partial charge in [-0.15, -0.1) is 0 Å². The second-order valence-corrected chi connectivity index (χ2v) is 4.57. The first-order valence-electron chi connectivity index (χ1n) is 6.22. The number of morpholine rings is 1. The second kappa shape index (κ2) is 5.97. The van der Waals surface area contributed by atoms with E-state index in [2.05, 4.69) is 4.98 Å². The van der Waals surface area contributed by atoms with Crippen LogP contribution in [0.25, 0.3) is 0 Å². The van der Waals surface area contributed by atoms with Crippen molar-refractivity contribution in [3.63, 3.8) is 0 Å². The zero-order valence-electron chi connectivity index (χ0n) is 11.1. The molecule has 1 aliphatic rings. The van der Waals surface area contributed by atoms with Gasteiger partial charge in [-0.3, -0.25) is 4.90 Å². The van der Waals surface area contributed by atoms with E-state index < -0.39 is 17.0 Å². The van der Waals surface area contributed by atoms with E-state index in [1.807, 2.05) is 4.90 Å². The number of ether oxygens (including phenoxy) is 1. The van der Waals surface area contributed by atoms with Crippen LogP contribution in [0.3, 0.4) is 0 Å². The minimum atomic E-state index is -0.987. The summed E-state index contributed by atoms with van der Waals surface area (Å²) < 4.78 is 6.64. The monoisotopic (exact) mass is 284 g/mol. The Morgan fingerprint density at radius 1 is 1.65 bits per heavy atom. The Bertz CT molecular complexity index is 515. The summed E-state index contributed by atoms with van der Waals surface area (Å²) in [6.45, 7) is 3.87. The number of nitro groups is 1. The molecule has 1 unspecified atom stereocenters. The third-order valence-corrected chi connectivity index (χ3v) is 3.29. The van der Waals surface area contributed by atoms with Crippen molar-refractivity contribution in [1.82, 2.24) is 14.5 Å². The molecular weight excluding hydrogens is 268 g/mol. The topological polar surface area (TPSA) is 111 Å². The summed E-state index contributed by atoms with van der Waals surface area (Å²) in [4.78, 5) is 27.1. The lowest BCUT2D eigenvalue weighted by Crippen LogP contribution is -2.47. The van der Waals surface area contributed by atoms with E-state index in [-0.39, 0.29) is 12.4 Å². The minimum Gasteiger partial charge on any atom is -0.479 e. The minimum absolute atomic E-state index is 0.0504. The Labute approximate surface area is 114 Å². The van der Waals surface area contributed by atoms with Gasteiger partial charge in [-0.05, 0) is 4.92 Å². The van der Waals surface area contributed by atoms with Crippen LogP contribution in [0.1, 0.15) is 5.82 Å². The van der Waals surface area contributed by atoms with Gasteiger partial charge in [0.1, 0.15) is 12.7 Å². The number of aryl methyl sites for hydroxylation is 1. The van der Waals surface area contributed by atoms with Crippen LogP contribution in [0.5, 0.6) is 0 Å². The molecule has 0 aromatic carbocycles. The molecule has 2 heterocycles. The predicted molar refractivity (Wildman–Crippen MR) is 67.4 cm³/mol. The summed E-state index contributed by atoms with van der Waals surface area (Å²) in [5.74, 6) is -0.468. The molecule has 1 aromatic rings. The highest BCUT2D eigenvalue weighted by Crippen LogP contribution is 2.14. The average Bonchev–Trinajstić information content (AvgIpc) is 2.78. The second-order valence-electron chi connectivity index (χ2n) is 4.57. The molecule has 0 amide bonds. The zero-order valence-corrected chi connectivity index (χ0v) is 11.1. The molecule has 1 aromatic heterocycles. The van der Waals surface area contributed by atoms with Crippen LogP contribution in [0, 0.1) is 17.0 Å². The summed E-state index contributed by atoms with van der Waals surface area (Å²) in [6.07, 6.45) is 0.400. The molecule has 9 nitrogen and oxygen atoms in total. The van der Waals surface area contributed by atoms with Crippen LogP contribution in [0.15, 0.2) is 6.20 Å². The summed E-state index contributed by atoms with van der Waals surface area (Å²) in [5.41, 5.74) is 0. The maximum absolute atomic E-state index is 10.9. The Hall–Kier alpha value is -2.00. The van der Waals surface area contributed by atoms with Gasteiger partial charge in [-0.25, -0.2) is 14.3 Å². The molecular formula is C11H16N4O5. The van der Waals surface area contributed by atoms with E-state index in [0.717, 1.165) is 0 Å². The van der Waals surface area contributed by atoms with E-state index >= 15 is 0 Å². The Kier molecular flexibility index (Phi) is 4.30. The molecule has 20 heavy (non-hydrogen) atoms. The van der Waals surface area contributed by atoms with Crippen LogP contribution in [-0.2, 0) is 16.1 Å². The largest absolute Gasteiger partial charge is 0.479 e. The normalized spacial score (nSPS) is 19.9. The third kappa shape index (κ3) is 3.11. The fourth-order valence-corrected chi connectivity index (χ4v) is 2.17. The van der Waals surface area contributed by atoms with E-state index in [0.29, 0.717) is 32.1 Å². The highest BCUT2D eigenvalue weighted by molar-refractivity contribution is 5.72. The summed E-state index contributed by atoms with van der Waals surface area (Å²) >= 11 is 0. The molecule has 0 radical (unpaired) electrons. The van der Waals surface area contributed by atoms with Crippen LogP contribution in [0.2, 0.25) is 0 Å². The van der Waals surface area contributed by atoms with E-state index in [1.165, 1.54) is 10.8 Å². The van der Waals surface area contributed by atoms with Crippen molar-refractivity contribution in [2.24, 2.45) is 0 Å². The molecule has 0 spiro atoms. The molecule has 0 aliphatic carbocycles. The maximum Gasteiger partial charge on any atom is 0.342 e. The van der Waals surface area contributed by atoms with E-state index in [4.69, 9.17) is 9.84 Å². The number of carboxylic acid groups (broad SMARTS) is 1. The van der Waals surface area contributed by atoms with E-state index in [9.17, 15) is 14.9 Å². The maximum atomic E-state index is 10.9. The van der Waals surface area contributed by atoms with Crippen molar-refractivity contribution in [3.8, 4) is 0 Å². The fraction of sp³-hybridized carbons (Fsp3) is 0.636. The van der Waals surface area contributed by atoms with E-state index in [1.54, 1.807) is 6.92 Å². The average molecular weight is 284 g/mol. The first-order chi connectivity index (χ1) is 9.49. The van der Waals surface area contributed by atoms with Gasteiger partial charge in [-0.1, -0.05) is 0 Å². The number of imidazole rings is 1. The molecule has 1 aliphatic heterocycles. The molecule has 9 heteroatoms. The SMILES string of the molecule is Cc1ncc([N+](=O)[O-])n1CCN1CCOC(C(=O)O)C1. The van der Waals surface area contributed by atoms with Crippen molar-refractivity contribution >= 4 is 11.8 Å². The lowest BCUT2D eigenvalue weighted by Gasteiger charge is -2.30. The summed E-state index contributed by atoms with van der Waals surface area (Å²) in [6, 6.07) is 0. The lowest BCUT2D eigenvalue weighted by molar-refractivity contribution is -0.392. The van der Waals surface area contributed by atoms with Crippen molar-refractivity contribution in [1.29, 1.82) is 0 Å². The van der Waals surface area contributed by atoms with Gasteiger partial charge in [0.15, 0.2) is 11.9 Å². The predicted octanol–water partition coefficient (Wildman–Crippen LogP) is -0.115. The van der Waals surface area contributed by atoms with Gasteiger partial charge in [0.2, 0.25) is 0 Å². The van der Waals surface area contributed by atoms with Gasteiger partial charge >= 0.3 is 11.8 Å². The standard InChI is InChI=1S/C11H16N4O5/c1-8-12-6-10(15(18)19)14(8)3-2-13-4-5-20-9(7-13)11(16)17/h6,9H,2-5,7H2,1H3,(H,16,17). The molecule has 0 saturated carbocycles. The smallest absolute Gasteiger partial charge is 0.342 e. The number of rotatable bonds is 5. The van der Waals surface area contributed by atoms with Gasteiger partial charge in [0.05, 0.1) is 6.61 Å².